The van der Waals surface area contributed by atoms with Crippen molar-refractivity contribution >= 4 is 11.7 Å². The monoisotopic (exact) mass is 222 g/mol. The van der Waals surface area contributed by atoms with Gasteiger partial charge < -0.3 is 10.6 Å². The number of nitrogens with one attached hydrogen (secondary N) is 2. The van der Waals surface area contributed by atoms with Gasteiger partial charge in [-0.25, -0.2) is 9.97 Å². The van der Waals surface area contributed by atoms with Crippen LogP contribution in [-0.4, -0.2) is 29.0 Å². The highest BCUT2D eigenvalue weighted by molar-refractivity contribution is 5.76. The Morgan fingerprint density at radius 1 is 1.38 bits per heavy atom. The van der Waals surface area contributed by atoms with Crippen LogP contribution in [0.15, 0.2) is 12.4 Å². The van der Waals surface area contributed by atoms with Gasteiger partial charge >= 0.3 is 0 Å². The van der Waals surface area contributed by atoms with E-state index < -0.39 is 0 Å². The third-order valence-corrected chi connectivity index (χ3v) is 2.12. The predicted octanol–water partition coefficient (Wildman–Crippen LogP) is 0.977. The van der Waals surface area contributed by atoms with E-state index >= 15 is 0 Å². The Morgan fingerprint density at radius 3 is 2.88 bits per heavy atom. The Balaban J connectivity index is 2.34. The van der Waals surface area contributed by atoms with Crippen LogP contribution in [0.4, 0.5) is 5.82 Å². The quantitative estimate of drug-likeness (QED) is 0.753. The zero-order valence-electron chi connectivity index (χ0n) is 9.79. The number of aromatic nitrogens is 2. The second-order valence-corrected chi connectivity index (χ2v) is 3.38. The fraction of sp³-hybridized carbons (Fsp3) is 0.545. The predicted molar refractivity (Wildman–Crippen MR) is 63.2 cm³/mol. The summed E-state index contributed by atoms with van der Waals surface area (Å²) in [6.45, 7) is 5.21. The molecule has 1 rings (SSSR count). The van der Waals surface area contributed by atoms with E-state index in [2.05, 4.69) is 20.6 Å². The number of rotatable bonds is 6. The van der Waals surface area contributed by atoms with Crippen LogP contribution in [0.2, 0.25) is 0 Å². The van der Waals surface area contributed by atoms with Crippen LogP contribution in [0.3, 0.4) is 0 Å². The highest BCUT2D eigenvalue weighted by Crippen LogP contribution is 2.03. The zero-order valence-corrected chi connectivity index (χ0v) is 9.79. The average Bonchev–Trinajstić information content (AvgIpc) is 2.30. The van der Waals surface area contributed by atoms with Gasteiger partial charge in [0, 0.05) is 31.3 Å². The molecule has 1 heterocycles. The summed E-state index contributed by atoms with van der Waals surface area (Å²) in [5.74, 6) is 0.830. The van der Waals surface area contributed by atoms with Crippen molar-refractivity contribution in [1.82, 2.24) is 15.3 Å². The third-order valence-electron chi connectivity index (χ3n) is 2.12. The first-order valence-corrected chi connectivity index (χ1v) is 5.57. The highest BCUT2D eigenvalue weighted by Gasteiger charge is 2.00. The smallest absolute Gasteiger partial charge is 0.221 e. The number of carbonyl (C=O) groups is 1. The summed E-state index contributed by atoms with van der Waals surface area (Å²) in [5.41, 5.74) is 0.996. The molecule has 0 bridgehead atoms. The number of amides is 1. The third kappa shape index (κ3) is 4.25. The molecule has 0 spiro atoms. The van der Waals surface area contributed by atoms with Gasteiger partial charge in [-0.2, -0.15) is 0 Å². The van der Waals surface area contributed by atoms with E-state index in [4.69, 9.17) is 0 Å². The minimum Gasteiger partial charge on any atom is -0.369 e. The summed E-state index contributed by atoms with van der Waals surface area (Å²) in [5, 5.41) is 5.84. The van der Waals surface area contributed by atoms with Crippen molar-refractivity contribution in [2.24, 2.45) is 0 Å². The Hall–Kier alpha value is -1.65. The molecule has 0 radical (unpaired) electrons. The number of anilines is 1. The Morgan fingerprint density at radius 2 is 2.19 bits per heavy atom. The standard InChI is InChI=1S/C11H18N4O/c1-3-9-7-10(15-8-14-9)13-6-5-11(16)12-4-2/h7-8H,3-6H2,1-2H3,(H,12,16)(H,13,14,15). The molecule has 0 fully saturated rings. The van der Waals surface area contributed by atoms with Crippen molar-refractivity contribution in [3.05, 3.63) is 18.1 Å². The van der Waals surface area contributed by atoms with Crippen LogP contribution >= 0.6 is 0 Å². The second kappa shape index (κ2) is 6.76. The van der Waals surface area contributed by atoms with E-state index in [1.54, 1.807) is 0 Å². The molecule has 5 nitrogen and oxygen atoms in total. The molecule has 0 atom stereocenters. The zero-order chi connectivity index (χ0) is 11.8. The van der Waals surface area contributed by atoms with Gasteiger partial charge in [-0.1, -0.05) is 6.92 Å². The lowest BCUT2D eigenvalue weighted by Crippen LogP contribution is -2.24. The lowest BCUT2D eigenvalue weighted by molar-refractivity contribution is -0.120. The first-order valence-electron chi connectivity index (χ1n) is 5.57. The second-order valence-electron chi connectivity index (χ2n) is 3.38. The normalized spacial score (nSPS) is 9.88. The minimum atomic E-state index is 0.0553. The lowest BCUT2D eigenvalue weighted by Gasteiger charge is -2.06. The van der Waals surface area contributed by atoms with Crippen LogP contribution in [0.5, 0.6) is 0 Å². The van der Waals surface area contributed by atoms with Gasteiger partial charge in [0.1, 0.15) is 12.1 Å². The fourth-order valence-electron chi connectivity index (χ4n) is 1.28. The van der Waals surface area contributed by atoms with Gasteiger partial charge in [0.25, 0.3) is 0 Å². The molecule has 0 aliphatic heterocycles. The summed E-state index contributed by atoms with van der Waals surface area (Å²) in [6, 6.07) is 1.90. The molecular weight excluding hydrogens is 204 g/mol. The molecule has 0 saturated carbocycles. The van der Waals surface area contributed by atoms with Gasteiger partial charge in [0.2, 0.25) is 5.91 Å². The molecule has 16 heavy (non-hydrogen) atoms. The van der Waals surface area contributed by atoms with E-state index in [0.29, 0.717) is 19.5 Å². The number of aryl methyl sites for hydroxylation is 1. The van der Waals surface area contributed by atoms with E-state index in [1.807, 2.05) is 19.9 Å². The molecule has 0 saturated heterocycles. The molecule has 1 aromatic rings. The fourth-order valence-corrected chi connectivity index (χ4v) is 1.28. The molecule has 0 aliphatic rings. The van der Waals surface area contributed by atoms with E-state index in [-0.39, 0.29) is 5.91 Å². The van der Waals surface area contributed by atoms with Gasteiger partial charge in [-0.05, 0) is 13.3 Å². The molecule has 5 heteroatoms. The van der Waals surface area contributed by atoms with Crippen LogP contribution in [-0.2, 0) is 11.2 Å². The van der Waals surface area contributed by atoms with Gasteiger partial charge in [-0.15, -0.1) is 0 Å². The number of nitrogens with zero attached hydrogens (tertiary/aromatic N) is 2. The van der Waals surface area contributed by atoms with Gasteiger partial charge in [0.15, 0.2) is 0 Å². The molecule has 0 unspecified atom stereocenters. The van der Waals surface area contributed by atoms with Crippen molar-refractivity contribution in [2.45, 2.75) is 26.7 Å². The Bertz CT molecular complexity index is 341. The van der Waals surface area contributed by atoms with Crippen LogP contribution in [0.1, 0.15) is 26.0 Å². The summed E-state index contributed by atoms with van der Waals surface area (Å²) >= 11 is 0. The molecule has 1 aromatic heterocycles. The van der Waals surface area contributed by atoms with Crippen molar-refractivity contribution in [1.29, 1.82) is 0 Å². The van der Waals surface area contributed by atoms with E-state index in [1.165, 1.54) is 6.33 Å². The molecule has 0 aromatic carbocycles. The van der Waals surface area contributed by atoms with E-state index in [9.17, 15) is 4.79 Å². The summed E-state index contributed by atoms with van der Waals surface area (Å²) in [6.07, 6.45) is 2.88. The Labute approximate surface area is 95.7 Å². The minimum absolute atomic E-state index is 0.0553. The summed E-state index contributed by atoms with van der Waals surface area (Å²) in [4.78, 5) is 19.3. The van der Waals surface area contributed by atoms with Crippen LogP contribution < -0.4 is 10.6 Å². The average molecular weight is 222 g/mol. The van der Waals surface area contributed by atoms with Crippen LogP contribution in [0, 0.1) is 0 Å². The van der Waals surface area contributed by atoms with Gasteiger partial charge in [0.05, 0.1) is 0 Å². The number of hydrogen-bond acceptors (Lipinski definition) is 4. The van der Waals surface area contributed by atoms with Crippen molar-refractivity contribution in [2.75, 3.05) is 18.4 Å². The molecule has 0 aliphatic carbocycles. The van der Waals surface area contributed by atoms with Crippen molar-refractivity contribution < 1.29 is 4.79 Å². The lowest BCUT2D eigenvalue weighted by atomic mass is 10.3. The first kappa shape index (κ1) is 12.4. The SMILES string of the molecule is CCNC(=O)CCNc1cc(CC)ncn1. The molecule has 88 valence electrons. The first-order chi connectivity index (χ1) is 7.76. The van der Waals surface area contributed by atoms with Gasteiger partial charge in [-0.3, -0.25) is 4.79 Å². The van der Waals surface area contributed by atoms with E-state index in [0.717, 1.165) is 17.9 Å². The van der Waals surface area contributed by atoms with Crippen LogP contribution in [0.25, 0.3) is 0 Å². The largest absolute Gasteiger partial charge is 0.369 e. The number of carbonyl (C=O) groups excluding carboxylic acids is 1. The summed E-state index contributed by atoms with van der Waals surface area (Å²) in [7, 11) is 0. The maximum Gasteiger partial charge on any atom is 0.221 e. The molecule has 2 N–H and O–H groups in total. The van der Waals surface area contributed by atoms with Crippen molar-refractivity contribution in [3.63, 3.8) is 0 Å². The van der Waals surface area contributed by atoms with Crippen molar-refractivity contribution in [3.8, 4) is 0 Å². The molecule has 1 amide bonds. The maximum absolute atomic E-state index is 11.2. The summed E-state index contributed by atoms with van der Waals surface area (Å²) < 4.78 is 0. The highest BCUT2D eigenvalue weighted by atomic mass is 16.1. The maximum atomic E-state index is 11.2. The number of hydrogen-bond donors (Lipinski definition) is 2. The molecular formula is C11H18N4O. The Kier molecular flexibility index (Phi) is 5.25. The topological polar surface area (TPSA) is 66.9 Å².